The summed E-state index contributed by atoms with van der Waals surface area (Å²) in [4.78, 5) is 43.4. The molecule has 1 unspecified atom stereocenters. The molecular formula is C39H80N3O9PS. The first-order valence-electron chi connectivity index (χ1n) is 20.9. The maximum atomic E-state index is 12.8. The lowest BCUT2D eigenvalue weighted by Gasteiger charge is -2.20. The molecule has 53 heavy (non-hydrogen) atoms. The zero-order chi connectivity index (χ0) is 39.3. The number of amides is 2. The third kappa shape index (κ3) is 36.6. The zero-order valence-electron chi connectivity index (χ0n) is 33.8. The van der Waals surface area contributed by atoms with Crippen molar-refractivity contribution < 1.29 is 42.9 Å². The number of ether oxygens (including phenoxy) is 4. The molecule has 0 radical (unpaired) electrons. The number of rotatable bonds is 41. The van der Waals surface area contributed by atoms with Gasteiger partial charge in [0.1, 0.15) is 0 Å². The van der Waals surface area contributed by atoms with Gasteiger partial charge in [-0.25, -0.2) is 0 Å². The SMILES string of the molecule is CCCCCCCCCCCCOC[C@H](CSC[C@H](N)C(=O)NCCOCCOCCOCC(C)P(=O)(O)O)NC(=O)CCCCCCCCCCC. The molecule has 0 aromatic heterocycles. The minimum absolute atomic E-state index is 0.0328. The first-order valence-corrected chi connectivity index (χ1v) is 23.7. The highest BCUT2D eigenvalue weighted by Gasteiger charge is 2.23. The monoisotopic (exact) mass is 798 g/mol. The van der Waals surface area contributed by atoms with Crippen LogP contribution < -0.4 is 16.4 Å². The number of nitrogens with two attached hydrogens (primary N) is 1. The number of thioether (sulfide) groups is 1. The van der Waals surface area contributed by atoms with Crippen molar-refractivity contribution >= 4 is 31.2 Å². The van der Waals surface area contributed by atoms with E-state index < -0.39 is 19.3 Å². The summed E-state index contributed by atoms with van der Waals surface area (Å²) in [6.07, 6.45) is 24.2. The van der Waals surface area contributed by atoms with Gasteiger partial charge in [-0.3, -0.25) is 14.2 Å². The number of unbranched alkanes of at least 4 members (excludes halogenated alkanes) is 17. The van der Waals surface area contributed by atoms with Crippen molar-refractivity contribution in [2.24, 2.45) is 5.73 Å². The van der Waals surface area contributed by atoms with Gasteiger partial charge in [0.2, 0.25) is 11.8 Å². The van der Waals surface area contributed by atoms with Gasteiger partial charge < -0.3 is 45.1 Å². The Morgan fingerprint density at radius 1 is 0.642 bits per heavy atom. The lowest BCUT2D eigenvalue weighted by atomic mass is 10.1. The van der Waals surface area contributed by atoms with Crippen LogP contribution in [0.5, 0.6) is 0 Å². The van der Waals surface area contributed by atoms with Gasteiger partial charge in [-0.15, -0.1) is 0 Å². The molecule has 0 aromatic rings. The van der Waals surface area contributed by atoms with E-state index in [1.54, 1.807) is 11.8 Å². The van der Waals surface area contributed by atoms with Gasteiger partial charge in [-0.2, -0.15) is 11.8 Å². The standard InChI is InChI=1S/C39H80N3O9PS/c1-4-6-8-10-12-14-16-18-20-22-25-50-32-36(42-38(43)23-21-19-17-15-13-11-9-7-5-2)33-53-34-37(40)39(44)41-24-26-48-27-28-49-29-30-51-31-35(3)52(45,46)47/h35-37H,4-34,40H2,1-3H3,(H,41,44)(H,42,43)(H2,45,46,47)/t35?,36-,37+/m1/s1. The molecule has 0 rings (SSSR count). The maximum absolute atomic E-state index is 12.8. The number of hydrogen-bond donors (Lipinski definition) is 5. The summed E-state index contributed by atoms with van der Waals surface area (Å²) in [5, 5.41) is 5.98. The van der Waals surface area contributed by atoms with Crippen LogP contribution in [0.4, 0.5) is 0 Å². The van der Waals surface area contributed by atoms with Gasteiger partial charge in [0.05, 0.1) is 64.0 Å². The van der Waals surface area contributed by atoms with Gasteiger partial charge >= 0.3 is 7.60 Å². The smallest absolute Gasteiger partial charge is 0.330 e. The van der Waals surface area contributed by atoms with Crippen molar-refractivity contribution in [3.05, 3.63) is 0 Å². The first-order chi connectivity index (χ1) is 25.6. The van der Waals surface area contributed by atoms with Crippen LogP contribution in [0.25, 0.3) is 0 Å². The molecule has 0 aliphatic rings. The summed E-state index contributed by atoms with van der Waals surface area (Å²) < 4.78 is 33.2. The van der Waals surface area contributed by atoms with E-state index in [4.69, 9.17) is 34.5 Å². The Labute approximate surface area is 327 Å². The van der Waals surface area contributed by atoms with Crippen LogP contribution in [0.1, 0.15) is 149 Å². The Morgan fingerprint density at radius 2 is 1.11 bits per heavy atom. The van der Waals surface area contributed by atoms with Gasteiger partial charge in [0.25, 0.3) is 0 Å². The van der Waals surface area contributed by atoms with Crippen LogP contribution >= 0.6 is 19.4 Å². The molecule has 6 N–H and O–H groups in total. The van der Waals surface area contributed by atoms with E-state index in [-0.39, 0.29) is 37.7 Å². The molecule has 316 valence electrons. The average Bonchev–Trinajstić information content (AvgIpc) is 3.12. The van der Waals surface area contributed by atoms with Crippen molar-refractivity contribution in [1.29, 1.82) is 0 Å². The molecule has 14 heteroatoms. The van der Waals surface area contributed by atoms with Gasteiger partial charge in [0.15, 0.2) is 0 Å². The number of carbonyl (C=O) groups is 2. The Balaban J connectivity index is 4.27. The molecule has 0 aliphatic carbocycles. The molecule has 0 heterocycles. The number of carbonyl (C=O) groups excluding carboxylic acids is 2. The van der Waals surface area contributed by atoms with Crippen LogP contribution in [-0.4, -0.2) is 110 Å². The summed E-state index contributed by atoms with van der Waals surface area (Å²) in [6.45, 7) is 8.87. The van der Waals surface area contributed by atoms with E-state index in [2.05, 4.69) is 24.5 Å². The van der Waals surface area contributed by atoms with E-state index in [1.807, 2.05) is 0 Å². The summed E-state index contributed by atoms with van der Waals surface area (Å²) in [5.41, 5.74) is 5.31. The van der Waals surface area contributed by atoms with Crippen molar-refractivity contribution in [3.8, 4) is 0 Å². The van der Waals surface area contributed by atoms with Crippen LogP contribution in [0.3, 0.4) is 0 Å². The lowest BCUT2D eigenvalue weighted by Crippen LogP contribution is -2.44. The lowest BCUT2D eigenvalue weighted by molar-refractivity contribution is -0.123. The fraction of sp³-hybridized carbons (Fsp3) is 0.949. The van der Waals surface area contributed by atoms with E-state index in [9.17, 15) is 14.2 Å². The average molecular weight is 798 g/mol. The molecule has 0 bridgehead atoms. The molecule has 0 saturated heterocycles. The highest BCUT2D eigenvalue weighted by Crippen LogP contribution is 2.40. The van der Waals surface area contributed by atoms with Crippen molar-refractivity contribution in [2.75, 3.05) is 70.9 Å². The van der Waals surface area contributed by atoms with E-state index in [0.29, 0.717) is 57.5 Å². The molecule has 0 spiro atoms. The fourth-order valence-corrected chi connectivity index (χ4v) is 6.83. The van der Waals surface area contributed by atoms with Crippen molar-refractivity contribution in [1.82, 2.24) is 10.6 Å². The van der Waals surface area contributed by atoms with Gasteiger partial charge in [0, 0.05) is 31.1 Å². The molecular weight excluding hydrogens is 717 g/mol. The van der Waals surface area contributed by atoms with Gasteiger partial charge in [-0.1, -0.05) is 123 Å². The Kier molecular flexibility index (Phi) is 37.6. The largest absolute Gasteiger partial charge is 0.379 e. The van der Waals surface area contributed by atoms with Gasteiger partial charge in [-0.05, 0) is 19.8 Å². The second kappa shape index (κ2) is 38.1. The van der Waals surface area contributed by atoms with Crippen LogP contribution in [0.15, 0.2) is 0 Å². The van der Waals surface area contributed by atoms with Crippen molar-refractivity contribution in [3.63, 3.8) is 0 Å². The molecule has 12 nitrogen and oxygen atoms in total. The maximum Gasteiger partial charge on any atom is 0.330 e. The van der Waals surface area contributed by atoms with E-state index in [1.165, 1.54) is 110 Å². The highest BCUT2D eigenvalue weighted by molar-refractivity contribution is 7.99. The van der Waals surface area contributed by atoms with E-state index in [0.717, 1.165) is 19.3 Å². The predicted octanol–water partition coefficient (Wildman–Crippen LogP) is 7.12. The van der Waals surface area contributed by atoms with E-state index >= 15 is 0 Å². The minimum Gasteiger partial charge on any atom is -0.379 e. The Morgan fingerprint density at radius 3 is 1.66 bits per heavy atom. The summed E-state index contributed by atoms with van der Waals surface area (Å²) in [5.74, 6) is 0.870. The van der Waals surface area contributed by atoms with Crippen LogP contribution in [-0.2, 0) is 33.1 Å². The fourth-order valence-electron chi connectivity index (χ4n) is 5.53. The topological polar surface area (TPSA) is 179 Å². The quantitative estimate of drug-likeness (QED) is 0.0314. The molecule has 3 atom stereocenters. The Bertz CT molecular complexity index is 887. The highest BCUT2D eigenvalue weighted by atomic mass is 32.2. The van der Waals surface area contributed by atoms with Crippen molar-refractivity contribution in [2.45, 2.75) is 167 Å². The Hall–Kier alpha value is -0.760. The minimum atomic E-state index is -4.13. The second-order valence-corrected chi connectivity index (χ2v) is 17.4. The third-order valence-electron chi connectivity index (χ3n) is 9.01. The second-order valence-electron chi connectivity index (χ2n) is 14.3. The molecule has 0 fully saturated rings. The number of hydrogen-bond acceptors (Lipinski definition) is 9. The third-order valence-corrected chi connectivity index (χ3v) is 11.5. The molecule has 0 aliphatic heterocycles. The molecule has 0 saturated carbocycles. The summed E-state index contributed by atoms with van der Waals surface area (Å²) >= 11 is 1.55. The zero-order valence-corrected chi connectivity index (χ0v) is 35.5. The first kappa shape index (κ1) is 52.2. The predicted molar refractivity (Wildman–Crippen MR) is 219 cm³/mol. The molecule has 0 aromatic carbocycles. The summed E-state index contributed by atoms with van der Waals surface area (Å²) in [7, 11) is -4.13. The number of nitrogens with one attached hydrogen (secondary N) is 2. The van der Waals surface area contributed by atoms with Crippen LogP contribution in [0, 0.1) is 0 Å². The summed E-state index contributed by atoms with van der Waals surface area (Å²) in [6, 6.07) is -0.808. The molecule has 2 amide bonds. The van der Waals surface area contributed by atoms with Crippen LogP contribution in [0.2, 0.25) is 0 Å². The normalized spacial score (nSPS) is 13.5.